The molecule has 0 atom stereocenters. The lowest BCUT2D eigenvalue weighted by Crippen LogP contribution is -2.50. The number of pyridine rings is 1. The van der Waals surface area contributed by atoms with Crippen LogP contribution in [0.25, 0.3) is 0 Å². The Morgan fingerprint density at radius 2 is 1.86 bits per heavy atom. The van der Waals surface area contributed by atoms with Gasteiger partial charge in [0.1, 0.15) is 5.82 Å². The topological polar surface area (TPSA) is 88.5 Å². The van der Waals surface area contributed by atoms with Gasteiger partial charge in [0.15, 0.2) is 0 Å². The molecule has 2 fully saturated rings. The molecule has 0 radical (unpaired) electrons. The van der Waals surface area contributed by atoms with Gasteiger partial charge in [-0.25, -0.2) is 4.98 Å². The number of carbonyl (C=O) groups excluding carboxylic acids is 1. The monoisotopic (exact) mass is 289 g/mol. The smallest absolute Gasteiger partial charge is 0.252 e. The summed E-state index contributed by atoms with van der Waals surface area (Å²) < 4.78 is 0. The average Bonchev–Trinajstić information content (AvgIpc) is 3.01. The van der Waals surface area contributed by atoms with Crippen LogP contribution < -0.4 is 16.4 Å². The van der Waals surface area contributed by atoms with Crippen LogP contribution in [0.3, 0.4) is 0 Å². The molecule has 0 spiro atoms. The van der Waals surface area contributed by atoms with Crippen molar-refractivity contribution in [3.05, 3.63) is 17.8 Å². The normalized spacial score (nSPS) is 20.9. The van der Waals surface area contributed by atoms with Crippen molar-refractivity contribution in [2.45, 2.75) is 31.7 Å². The molecule has 0 unspecified atom stereocenters. The van der Waals surface area contributed by atoms with E-state index in [1.807, 2.05) is 0 Å². The molecule has 1 saturated carbocycles. The molecule has 1 aromatic rings. The molecule has 0 bridgehead atoms. The van der Waals surface area contributed by atoms with Gasteiger partial charge in [-0.05, 0) is 18.9 Å². The Balaban J connectivity index is 1.70. The zero-order chi connectivity index (χ0) is 14.8. The lowest BCUT2D eigenvalue weighted by Gasteiger charge is -2.39. The second-order valence-corrected chi connectivity index (χ2v) is 5.97. The van der Waals surface area contributed by atoms with Gasteiger partial charge in [-0.2, -0.15) is 0 Å². The molecule has 2 heterocycles. The van der Waals surface area contributed by atoms with Crippen molar-refractivity contribution < 1.29 is 4.79 Å². The standard InChI is InChI=1S/C15H23N5O/c16-11-9-13(14(17)21)15(18-10-11)20-7-5-19(6-8-20)12-3-1-2-4-12/h9-10,12H,1-8,16H2,(H2,17,21). The number of rotatable bonds is 3. The molecule has 1 amide bonds. The number of nitrogen functional groups attached to an aromatic ring is 1. The molecule has 6 nitrogen and oxygen atoms in total. The van der Waals surface area contributed by atoms with Crippen molar-refractivity contribution in [1.82, 2.24) is 9.88 Å². The summed E-state index contributed by atoms with van der Waals surface area (Å²) in [6, 6.07) is 2.37. The van der Waals surface area contributed by atoms with Gasteiger partial charge >= 0.3 is 0 Å². The third-order valence-electron chi connectivity index (χ3n) is 4.61. The molecule has 1 aliphatic heterocycles. The minimum atomic E-state index is -0.469. The van der Waals surface area contributed by atoms with Gasteiger partial charge in [0.2, 0.25) is 0 Å². The summed E-state index contributed by atoms with van der Waals surface area (Å²) in [5, 5.41) is 0. The van der Waals surface area contributed by atoms with Crippen LogP contribution in [0.15, 0.2) is 12.3 Å². The van der Waals surface area contributed by atoms with Crippen LogP contribution in [0.2, 0.25) is 0 Å². The summed E-state index contributed by atoms with van der Waals surface area (Å²) in [7, 11) is 0. The van der Waals surface area contributed by atoms with Gasteiger partial charge in [0.25, 0.3) is 5.91 Å². The number of nitrogens with two attached hydrogens (primary N) is 2. The molecule has 1 aliphatic carbocycles. The Morgan fingerprint density at radius 3 is 2.48 bits per heavy atom. The van der Waals surface area contributed by atoms with Crippen LogP contribution in [-0.4, -0.2) is 48.0 Å². The highest BCUT2D eigenvalue weighted by atomic mass is 16.1. The summed E-state index contributed by atoms with van der Waals surface area (Å²) in [4.78, 5) is 20.6. The summed E-state index contributed by atoms with van der Waals surface area (Å²) in [5.41, 5.74) is 12.0. The van der Waals surface area contributed by atoms with Crippen LogP contribution >= 0.6 is 0 Å². The highest BCUT2D eigenvalue weighted by Gasteiger charge is 2.27. The minimum absolute atomic E-state index is 0.421. The Labute approximate surface area is 125 Å². The fourth-order valence-electron chi connectivity index (χ4n) is 3.48. The van der Waals surface area contributed by atoms with Crippen molar-refractivity contribution >= 4 is 17.4 Å². The van der Waals surface area contributed by atoms with Crippen LogP contribution in [0.1, 0.15) is 36.0 Å². The van der Waals surface area contributed by atoms with Gasteiger partial charge < -0.3 is 16.4 Å². The van der Waals surface area contributed by atoms with Crippen LogP contribution in [-0.2, 0) is 0 Å². The second-order valence-electron chi connectivity index (χ2n) is 5.97. The highest BCUT2D eigenvalue weighted by Crippen LogP contribution is 2.26. The fourth-order valence-corrected chi connectivity index (χ4v) is 3.48. The van der Waals surface area contributed by atoms with E-state index in [2.05, 4.69) is 14.8 Å². The number of amides is 1. The van der Waals surface area contributed by atoms with E-state index < -0.39 is 5.91 Å². The van der Waals surface area contributed by atoms with E-state index in [0.29, 0.717) is 17.1 Å². The maximum atomic E-state index is 11.6. The van der Waals surface area contributed by atoms with Crippen molar-refractivity contribution in [3.63, 3.8) is 0 Å². The Morgan fingerprint density at radius 1 is 1.19 bits per heavy atom. The fraction of sp³-hybridized carbons (Fsp3) is 0.600. The first-order chi connectivity index (χ1) is 10.1. The number of aromatic nitrogens is 1. The Hall–Kier alpha value is -1.82. The highest BCUT2D eigenvalue weighted by molar-refractivity contribution is 5.98. The first-order valence-corrected chi connectivity index (χ1v) is 7.69. The summed E-state index contributed by atoms with van der Waals surface area (Å²) in [6.07, 6.45) is 6.96. The van der Waals surface area contributed by atoms with E-state index in [-0.39, 0.29) is 0 Å². The lowest BCUT2D eigenvalue weighted by molar-refractivity contribution is 0.1000. The number of primary amides is 1. The Bertz CT molecular complexity index is 519. The van der Waals surface area contributed by atoms with E-state index in [9.17, 15) is 4.79 Å². The average molecular weight is 289 g/mol. The quantitative estimate of drug-likeness (QED) is 0.860. The van der Waals surface area contributed by atoms with Gasteiger partial charge in [0, 0.05) is 32.2 Å². The molecular weight excluding hydrogens is 266 g/mol. The van der Waals surface area contributed by atoms with E-state index in [4.69, 9.17) is 11.5 Å². The van der Waals surface area contributed by atoms with E-state index >= 15 is 0 Å². The molecule has 1 saturated heterocycles. The van der Waals surface area contributed by atoms with Crippen LogP contribution in [0.5, 0.6) is 0 Å². The maximum Gasteiger partial charge on any atom is 0.252 e. The molecule has 4 N–H and O–H groups in total. The molecule has 6 heteroatoms. The minimum Gasteiger partial charge on any atom is -0.397 e. The summed E-state index contributed by atoms with van der Waals surface area (Å²) in [5.74, 6) is 0.200. The first kappa shape index (κ1) is 14.1. The summed E-state index contributed by atoms with van der Waals surface area (Å²) in [6.45, 7) is 3.81. The zero-order valence-electron chi connectivity index (χ0n) is 12.3. The third-order valence-corrected chi connectivity index (χ3v) is 4.61. The first-order valence-electron chi connectivity index (χ1n) is 7.69. The molecule has 114 valence electrons. The maximum absolute atomic E-state index is 11.6. The van der Waals surface area contributed by atoms with Crippen molar-refractivity contribution in [2.24, 2.45) is 5.73 Å². The van der Waals surface area contributed by atoms with Gasteiger partial charge in [-0.3, -0.25) is 9.69 Å². The molecule has 21 heavy (non-hydrogen) atoms. The van der Waals surface area contributed by atoms with Crippen molar-refractivity contribution in [2.75, 3.05) is 36.8 Å². The third kappa shape index (κ3) is 2.95. The predicted molar refractivity (Wildman–Crippen MR) is 83.2 cm³/mol. The van der Waals surface area contributed by atoms with Gasteiger partial charge in [-0.1, -0.05) is 12.8 Å². The SMILES string of the molecule is NC(=O)c1cc(N)cnc1N1CCN(C2CCCC2)CC1. The van der Waals surface area contributed by atoms with E-state index in [1.165, 1.54) is 25.7 Å². The van der Waals surface area contributed by atoms with Gasteiger partial charge in [0.05, 0.1) is 17.4 Å². The second kappa shape index (κ2) is 5.89. The van der Waals surface area contributed by atoms with Crippen molar-refractivity contribution in [3.8, 4) is 0 Å². The van der Waals surface area contributed by atoms with Crippen molar-refractivity contribution in [1.29, 1.82) is 0 Å². The predicted octanol–water partition coefficient (Wildman–Crippen LogP) is 0.827. The molecular formula is C15H23N5O. The largest absolute Gasteiger partial charge is 0.397 e. The number of anilines is 2. The number of carbonyl (C=O) groups is 1. The number of hydrogen-bond acceptors (Lipinski definition) is 5. The lowest BCUT2D eigenvalue weighted by atomic mass is 10.1. The molecule has 3 rings (SSSR count). The molecule has 2 aliphatic rings. The van der Waals surface area contributed by atoms with Gasteiger partial charge in [-0.15, -0.1) is 0 Å². The zero-order valence-corrected chi connectivity index (χ0v) is 12.3. The molecule has 1 aromatic heterocycles. The van der Waals surface area contributed by atoms with E-state index in [0.717, 1.165) is 32.2 Å². The number of piperazine rings is 1. The Kier molecular flexibility index (Phi) is 3.96. The molecule has 0 aromatic carbocycles. The van der Waals surface area contributed by atoms with Crippen LogP contribution in [0, 0.1) is 0 Å². The summed E-state index contributed by atoms with van der Waals surface area (Å²) >= 11 is 0. The number of hydrogen-bond donors (Lipinski definition) is 2. The van der Waals surface area contributed by atoms with Crippen LogP contribution in [0.4, 0.5) is 11.5 Å². The number of nitrogens with zero attached hydrogens (tertiary/aromatic N) is 3. The van der Waals surface area contributed by atoms with E-state index in [1.54, 1.807) is 12.3 Å².